The first-order chi connectivity index (χ1) is 5.47. The van der Waals surface area contributed by atoms with Crippen LogP contribution in [0.3, 0.4) is 0 Å². The molecular formula is C7H9NO3S. The van der Waals surface area contributed by atoms with Gasteiger partial charge in [0.2, 0.25) is 10.0 Å². The fourth-order valence-electron chi connectivity index (χ4n) is 0.849. The Morgan fingerprint density at radius 2 is 2.25 bits per heavy atom. The number of hydrogen-bond acceptors (Lipinski definition) is 3. The molecule has 0 aromatic carbocycles. The van der Waals surface area contributed by atoms with Gasteiger partial charge in [-0.1, -0.05) is 6.08 Å². The molecule has 0 aromatic rings. The summed E-state index contributed by atoms with van der Waals surface area (Å²) in [5.41, 5.74) is 0.359. The van der Waals surface area contributed by atoms with Crippen molar-refractivity contribution in [1.29, 1.82) is 0 Å². The van der Waals surface area contributed by atoms with Crippen LogP contribution in [0.2, 0.25) is 0 Å². The van der Waals surface area contributed by atoms with E-state index >= 15 is 0 Å². The number of hydrogen-bond donors (Lipinski definition) is 1. The summed E-state index contributed by atoms with van der Waals surface area (Å²) < 4.78 is 24.8. The van der Waals surface area contributed by atoms with E-state index in [-0.39, 0.29) is 12.2 Å². The molecule has 0 unspecified atom stereocenters. The van der Waals surface area contributed by atoms with Crippen molar-refractivity contribution >= 4 is 15.7 Å². The minimum atomic E-state index is -3.35. The predicted octanol–water partition coefficient (Wildman–Crippen LogP) is 0.789. The largest absolute Gasteiger partial charge is 0.512 e. The van der Waals surface area contributed by atoms with Gasteiger partial charge in [-0.25, -0.2) is 8.42 Å². The van der Waals surface area contributed by atoms with Gasteiger partial charge in [0.05, 0.1) is 17.7 Å². The van der Waals surface area contributed by atoms with Gasteiger partial charge in [0, 0.05) is 6.42 Å². The zero-order chi connectivity index (χ0) is 9.19. The highest BCUT2D eigenvalue weighted by Crippen LogP contribution is 2.07. The van der Waals surface area contributed by atoms with Gasteiger partial charge < -0.3 is 5.11 Å². The van der Waals surface area contributed by atoms with Crippen LogP contribution >= 0.6 is 0 Å². The van der Waals surface area contributed by atoms with E-state index in [4.69, 9.17) is 5.11 Å². The molecule has 0 saturated carbocycles. The number of allylic oxidation sites excluding steroid dienone is 4. The van der Waals surface area contributed by atoms with Crippen LogP contribution in [-0.2, 0) is 10.0 Å². The molecule has 1 aliphatic carbocycles. The van der Waals surface area contributed by atoms with Crippen LogP contribution in [0.25, 0.3) is 0 Å². The van der Waals surface area contributed by atoms with Crippen molar-refractivity contribution in [3.63, 3.8) is 0 Å². The molecule has 0 fully saturated rings. The summed E-state index contributed by atoms with van der Waals surface area (Å²) in [4.78, 5) is 0. The fourth-order valence-corrected chi connectivity index (χ4v) is 1.40. The Labute approximate surface area is 71.0 Å². The molecule has 4 nitrogen and oxygen atoms in total. The molecule has 1 N–H and O–H groups in total. The van der Waals surface area contributed by atoms with Crippen LogP contribution in [0.15, 0.2) is 28.4 Å². The van der Waals surface area contributed by atoms with E-state index in [2.05, 4.69) is 4.40 Å². The second kappa shape index (κ2) is 3.10. The van der Waals surface area contributed by atoms with Crippen molar-refractivity contribution in [2.75, 3.05) is 6.26 Å². The highest BCUT2D eigenvalue weighted by molar-refractivity contribution is 7.89. The lowest BCUT2D eigenvalue weighted by Crippen LogP contribution is -2.03. The van der Waals surface area contributed by atoms with Crippen LogP contribution in [0.4, 0.5) is 0 Å². The number of nitrogens with zero attached hydrogens (tertiary/aromatic N) is 1. The standard InChI is InChI=1S/C7H9NO3S/c1-12(10,11)8-6-3-2-4-7(9)5-6/h2-4,9H,5H2,1H3. The lowest BCUT2D eigenvalue weighted by atomic mass is 10.1. The highest BCUT2D eigenvalue weighted by atomic mass is 32.2. The van der Waals surface area contributed by atoms with Crippen molar-refractivity contribution in [3.05, 3.63) is 24.0 Å². The van der Waals surface area contributed by atoms with E-state index in [1.165, 1.54) is 6.08 Å². The quantitative estimate of drug-likeness (QED) is 0.660. The first-order valence-corrected chi connectivity index (χ1v) is 5.17. The Hall–Kier alpha value is -1.10. The summed E-state index contributed by atoms with van der Waals surface area (Å²) >= 11 is 0. The summed E-state index contributed by atoms with van der Waals surface area (Å²) in [5, 5.41) is 9.01. The smallest absolute Gasteiger partial charge is 0.250 e. The first kappa shape index (κ1) is 8.99. The van der Waals surface area contributed by atoms with Crippen molar-refractivity contribution < 1.29 is 13.5 Å². The molecule has 0 atom stereocenters. The minimum absolute atomic E-state index is 0.125. The SMILES string of the molecule is CS(=O)(=O)N=C1C=CC=C(O)C1. The first-order valence-electron chi connectivity index (χ1n) is 3.32. The molecule has 0 aromatic heterocycles. The van der Waals surface area contributed by atoms with Crippen LogP contribution < -0.4 is 0 Å². The minimum Gasteiger partial charge on any atom is -0.512 e. The lowest BCUT2D eigenvalue weighted by molar-refractivity contribution is 0.405. The van der Waals surface area contributed by atoms with Gasteiger partial charge in [-0.05, 0) is 12.2 Å². The van der Waals surface area contributed by atoms with Crippen molar-refractivity contribution in [2.24, 2.45) is 4.40 Å². The molecule has 0 amide bonds. The maximum Gasteiger partial charge on any atom is 0.250 e. The van der Waals surface area contributed by atoms with E-state index in [0.29, 0.717) is 5.71 Å². The van der Waals surface area contributed by atoms with E-state index in [1.807, 2.05) is 0 Å². The Kier molecular flexibility index (Phi) is 2.32. The molecular weight excluding hydrogens is 178 g/mol. The van der Waals surface area contributed by atoms with Gasteiger partial charge >= 0.3 is 0 Å². The van der Waals surface area contributed by atoms with Crippen molar-refractivity contribution in [3.8, 4) is 0 Å². The van der Waals surface area contributed by atoms with E-state index in [0.717, 1.165) is 6.26 Å². The van der Waals surface area contributed by atoms with Gasteiger partial charge in [0.15, 0.2) is 0 Å². The highest BCUT2D eigenvalue weighted by Gasteiger charge is 2.06. The van der Waals surface area contributed by atoms with Crippen LogP contribution in [-0.4, -0.2) is 25.5 Å². The fraction of sp³-hybridized carbons (Fsp3) is 0.286. The van der Waals surface area contributed by atoms with E-state index in [1.54, 1.807) is 12.2 Å². The predicted molar refractivity (Wildman–Crippen MR) is 46.7 cm³/mol. The average Bonchev–Trinajstić information content (AvgIpc) is 1.82. The molecule has 0 spiro atoms. The normalized spacial score (nSPS) is 21.1. The van der Waals surface area contributed by atoms with Gasteiger partial charge in [0.1, 0.15) is 0 Å². The third-order valence-electron chi connectivity index (χ3n) is 1.22. The molecule has 12 heavy (non-hydrogen) atoms. The maximum atomic E-state index is 10.7. The monoisotopic (exact) mass is 187 g/mol. The van der Waals surface area contributed by atoms with Gasteiger partial charge in [-0.15, -0.1) is 0 Å². The topological polar surface area (TPSA) is 66.7 Å². The van der Waals surface area contributed by atoms with Crippen LogP contribution in [0.1, 0.15) is 6.42 Å². The average molecular weight is 187 g/mol. The molecule has 0 radical (unpaired) electrons. The van der Waals surface area contributed by atoms with E-state index < -0.39 is 10.0 Å². The summed E-state index contributed by atoms with van der Waals surface area (Å²) in [6.45, 7) is 0. The number of aliphatic hydroxyl groups excluding tert-OH is 1. The Balaban J connectivity index is 2.89. The van der Waals surface area contributed by atoms with Gasteiger partial charge in [-0.2, -0.15) is 4.40 Å². The molecule has 0 bridgehead atoms. The second-order valence-electron chi connectivity index (χ2n) is 2.51. The van der Waals surface area contributed by atoms with Crippen LogP contribution in [0, 0.1) is 0 Å². The number of rotatable bonds is 1. The maximum absolute atomic E-state index is 10.7. The van der Waals surface area contributed by atoms with Crippen molar-refractivity contribution in [1.82, 2.24) is 0 Å². The summed E-state index contributed by atoms with van der Waals surface area (Å²) in [7, 11) is -3.35. The lowest BCUT2D eigenvalue weighted by Gasteiger charge is -2.03. The molecule has 1 aliphatic rings. The Bertz CT molecular complexity index is 362. The van der Waals surface area contributed by atoms with Crippen molar-refractivity contribution in [2.45, 2.75) is 6.42 Å². The molecule has 0 heterocycles. The third kappa shape index (κ3) is 2.87. The third-order valence-corrected chi connectivity index (χ3v) is 1.79. The summed E-state index contributed by atoms with van der Waals surface area (Å²) in [6.07, 6.45) is 5.82. The summed E-state index contributed by atoms with van der Waals surface area (Å²) in [6, 6.07) is 0. The molecule has 0 aliphatic heterocycles. The Morgan fingerprint density at radius 1 is 1.58 bits per heavy atom. The second-order valence-corrected chi connectivity index (χ2v) is 4.16. The molecule has 66 valence electrons. The molecule has 5 heteroatoms. The van der Waals surface area contributed by atoms with Crippen LogP contribution in [0.5, 0.6) is 0 Å². The number of sulfonamides is 1. The Morgan fingerprint density at radius 3 is 2.75 bits per heavy atom. The van der Waals surface area contributed by atoms with Gasteiger partial charge in [0.25, 0.3) is 0 Å². The van der Waals surface area contributed by atoms with E-state index in [9.17, 15) is 8.42 Å². The summed E-state index contributed by atoms with van der Waals surface area (Å²) in [5.74, 6) is 0.125. The number of aliphatic hydroxyl groups is 1. The zero-order valence-corrected chi connectivity index (χ0v) is 7.37. The van der Waals surface area contributed by atoms with Gasteiger partial charge in [-0.3, -0.25) is 0 Å². The molecule has 0 saturated heterocycles. The zero-order valence-electron chi connectivity index (χ0n) is 6.56. The molecule has 1 rings (SSSR count).